The van der Waals surface area contributed by atoms with E-state index in [1.54, 1.807) is 6.20 Å². The van der Waals surface area contributed by atoms with E-state index in [0.717, 1.165) is 48.9 Å². The van der Waals surface area contributed by atoms with Crippen molar-refractivity contribution in [3.63, 3.8) is 0 Å². The van der Waals surface area contributed by atoms with Crippen molar-refractivity contribution in [2.24, 2.45) is 5.92 Å². The molecule has 5 heteroatoms. The third-order valence-electron chi connectivity index (χ3n) is 4.47. The molecule has 0 atom stereocenters. The summed E-state index contributed by atoms with van der Waals surface area (Å²) in [5.74, 6) is 2.06. The first-order valence-electron chi connectivity index (χ1n) is 8.34. The van der Waals surface area contributed by atoms with Gasteiger partial charge in [0.2, 0.25) is 5.88 Å². The van der Waals surface area contributed by atoms with Crippen molar-refractivity contribution in [1.82, 2.24) is 9.97 Å². The van der Waals surface area contributed by atoms with Crippen LogP contribution in [0.3, 0.4) is 0 Å². The molecule has 1 aliphatic heterocycles. The molecule has 0 bridgehead atoms. The SMILES string of the molecule is Cc1ccc(C#N)c(N2CCC(COc3ncccc3C)CC2)n1. The van der Waals surface area contributed by atoms with Crippen molar-refractivity contribution in [2.75, 3.05) is 24.6 Å². The van der Waals surface area contributed by atoms with Crippen LogP contribution >= 0.6 is 0 Å². The molecule has 24 heavy (non-hydrogen) atoms. The standard InChI is InChI=1S/C19H22N4O/c1-14-4-3-9-21-19(14)24-13-16-7-10-23(11-8-16)18-17(12-20)6-5-15(2)22-18/h3-6,9,16H,7-8,10-11,13H2,1-2H3. The van der Waals surface area contributed by atoms with Crippen molar-refractivity contribution >= 4 is 5.82 Å². The summed E-state index contributed by atoms with van der Waals surface area (Å²) < 4.78 is 5.88. The Morgan fingerprint density at radius 2 is 2.04 bits per heavy atom. The van der Waals surface area contributed by atoms with Gasteiger partial charge < -0.3 is 9.64 Å². The van der Waals surface area contributed by atoms with Gasteiger partial charge in [-0.1, -0.05) is 6.07 Å². The Balaban J connectivity index is 1.58. The third-order valence-corrected chi connectivity index (χ3v) is 4.47. The molecule has 5 nitrogen and oxygen atoms in total. The molecule has 0 radical (unpaired) electrons. The number of nitriles is 1. The second-order valence-corrected chi connectivity index (χ2v) is 6.30. The first-order chi connectivity index (χ1) is 11.7. The maximum Gasteiger partial charge on any atom is 0.216 e. The van der Waals surface area contributed by atoms with Gasteiger partial charge in [0.05, 0.1) is 12.2 Å². The highest BCUT2D eigenvalue weighted by Crippen LogP contribution is 2.25. The smallest absolute Gasteiger partial charge is 0.216 e. The summed E-state index contributed by atoms with van der Waals surface area (Å²) >= 11 is 0. The minimum atomic E-state index is 0.512. The normalized spacial score (nSPS) is 15.1. The van der Waals surface area contributed by atoms with Crippen molar-refractivity contribution in [2.45, 2.75) is 26.7 Å². The van der Waals surface area contributed by atoms with Crippen LogP contribution in [0.5, 0.6) is 5.88 Å². The summed E-state index contributed by atoms with van der Waals surface area (Å²) in [5.41, 5.74) is 2.66. The van der Waals surface area contributed by atoms with E-state index in [2.05, 4.69) is 20.9 Å². The minimum absolute atomic E-state index is 0.512. The lowest BCUT2D eigenvalue weighted by molar-refractivity contribution is 0.214. The molecular formula is C19H22N4O. The van der Waals surface area contributed by atoms with Gasteiger partial charge in [-0.3, -0.25) is 0 Å². The average Bonchev–Trinajstić information content (AvgIpc) is 2.61. The van der Waals surface area contributed by atoms with E-state index < -0.39 is 0 Å². The van der Waals surface area contributed by atoms with Crippen LogP contribution in [0.2, 0.25) is 0 Å². The zero-order chi connectivity index (χ0) is 16.9. The fraction of sp³-hybridized carbons (Fsp3) is 0.421. The molecule has 0 spiro atoms. The molecule has 1 fully saturated rings. The largest absolute Gasteiger partial charge is 0.477 e. The Hall–Kier alpha value is -2.61. The summed E-state index contributed by atoms with van der Waals surface area (Å²) in [6.07, 6.45) is 3.83. The van der Waals surface area contributed by atoms with Crippen molar-refractivity contribution in [1.29, 1.82) is 5.26 Å². The van der Waals surface area contributed by atoms with E-state index in [9.17, 15) is 5.26 Å². The second kappa shape index (κ2) is 7.31. The zero-order valence-electron chi connectivity index (χ0n) is 14.2. The molecule has 3 rings (SSSR count). The molecule has 0 aliphatic carbocycles. The van der Waals surface area contributed by atoms with E-state index in [1.165, 1.54) is 0 Å². The second-order valence-electron chi connectivity index (χ2n) is 6.30. The number of pyridine rings is 2. The number of hydrogen-bond acceptors (Lipinski definition) is 5. The fourth-order valence-electron chi connectivity index (χ4n) is 3.00. The molecule has 124 valence electrons. The van der Waals surface area contributed by atoms with Gasteiger partial charge in [-0.05, 0) is 50.8 Å². The van der Waals surface area contributed by atoms with Crippen LogP contribution in [0.15, 0.2) is 30.5 Å². The Bertz CT molecular complexity index is 745. The summed E-state index contributed by atoms with van der Waals surface area (Å²) in [6.45, 7) is 6.47. The summed E-state index contributed by atoms with van der Waals surface area (Å²) in [6, 6.07) is 9.92. The number of aromatic nitrogens is 2. The highest BCUT2D eigenvalue weighted by molar-refractivity contribution is 5.54. The van der Waals surface area contributed by atoms with E-state index in [-0.39, 0.29) is 0 Å². The molecule has 2 aromatic rings. The Kier molecular flexibility index (Phi) is 4.95. The van der Waals surface area contributed by atoms with Crippen molar-refractivity contribution in [3.8, 4) is 11.9 Å². The lowest BCUT2D eigenvalue weighted by Gasteiger charge is -2.33. The molecule has 1 saturated heterocycles. The van der Waals surface area contributed by atoms with Gasteiger partial charge in [-0.15, -0.1) is 0 Å². The Labute approximate surface area is 142 Å². The summed E-state index contributed by atoms with van der Waals surface area (Å²) in [4.78, 5) is 11.1. The maximum absolute atomic E-state index is 9.28. The fourth-order valence-corrected chi connectivity index (χ4v) is 3.00. The number of piperidine rings is 1. The lowest BCUT2D eigenvalue weighted by atomic mass is 9.97. The van der Waals surface area contributed by atoms with Crippen molar-refractivity contribution in [3.05, 3.63) is 47.3 Å². The molecule has 2 aromatic heterocycles. The number of nitrogens with zero attached hydrogens (tertiary/aromatic N) is 4. The van der Waals surface area contributed by atoms with Gasteiger partial charge in [0.1, 0.15) is 11.9 Å². The first kappa shape index (κ1) is 16.3. The number of hydrogen-bond donors (Lipinski definition) is 0. The highest BCUT2D eigenvalue weighted by atomic mass is 16.5. The molecule has 0 unspecified atom stereocenters. The van der Waals surface area contributed by atoms with Crippen molar-refractivity contribution < 1.29 is 4.74 Å². The summed E-state index contributed by atoms with van der Waals surface area (Å²) in [7, 11) is 0. The van der Waals surface area contributed by atoms with Gasteiger partial charge in [0.15, 0.2) is 0 Å². The van der Waals surface area contributed by atoms with Gasteiger partial charge in [0, 0.05) is 30.5 Å². The van der Waals surface area contributed by atoms with Gasteiger partial charge in [-0.25, -0.2) is 9.97 Å². The van der Waals surface area contributed by atoms with Crippen LogP contribution in [0.4, 0.5) is 5.82 Å². The molecule has 0 saturated carbocycles. The van der Waals surface area contributed by atoms with E-state index in [1.807, 2.05) is 38.1 Å². The predicted octanol–water partition coefficient (Wildman–Crippen LogP) is 3.26. The minimum Gasteiger partial charge on any atom is -0.477 e. The van der Waals surface area contributed by atoms with Gasteiger partial charge >= 0.3 is 0 Å². The highest BCUT2D eigenvalue weighted by Gasteiger charge is 2.23. The van der Waals surface area contributed by atoms with Crippen LogP contribution in [0.1, 0.15) is 29.7 Å². The van der Waals surface area contributed by atoms with Gasteiger partial charge in [0.25, 0.3) is 0 Å². The topological polar surface area (TPSA) is 62.0 Å². The molecule has 0 amide bonds. The number of rotatable bonds is 4. The average molecular weight is 322 g/mol. The van der Waals surface area contributed by atoms with Crippen LogP contribution in [-0.2, 0) is 0 Å². The lowest BCUT2D eigenvalue weighted by Crippen LogP contribution is -2.36. The van der Waals surface area contributed by atoms with Gasteiger partial charge in [-0.2, -0.15) is 5.26 Å². The molecular weight excluding hydrogens is 300 g/mol. The monoisotopic (exact) mass is 322 g/mol. The molecule has 1 aliphatic rings. The van der Waals surface area contributed by atoms with Crippen LogP contribution in [0.25, 0.3) is 0 Å². The van der Waals surface area contributed by atoms with E-state index in [0.29, 0.717) is 18.1 Å². The molecule has 3 heterocycles. The number of anilines is 1. The maximum atomic E-state index is 9.28. The third kappa shape index (κ3) is 3.65. The Morgan fingerprint density at radius 3 is 2.75 bits per heavy atom. The van der Waals surface area contributed by atoms with E-state index >= 15 is 0 Å². The number of aryl methyl sites for hydroxylation is 2. The summed E-state index contributed by atoms with van der Waals surface area (Å²) in [5, 5.41) is 9.28. The van der Waals surface area contributed by atoms with Crippen LogP contribution in [0, 0.1) is 31.1 Å². The molecule has 0 N–H and O–H groups in total. The Morgan fingerprint density at radius 1 is 1.25 bits per heavy atom. The zero-order valence-corrected chi connectivity index (χ0v) is 14.2. The molecule has 0 aromatic carbocycles. The van der Waals surface area contributed by atoms with E-state index in [4.69, 9.17) is 4.74 Å². The predicted molar refractivity (Wildman–Crippen MR) is 93.1 cm³/mol. The number of ether oxygens (including phenoxy) is 1. The quantitative estimate of drug-likeness (QED) is 0.864. The van der Waals surface area contributed by atoms with Crippen LogP contribution in [-0.4, -0.2) is 29.7 Å². The van der Waals surface area contributed by atoms with Crippen LogP contribution < -0.4 is 9.64 Å². The first-order valence-corrected chi connectivity index (χ1v) is 8.34.